The van der Waals surface area contributed by atoms with Gasteiger partial charge >= 0.3 is 0 Å². The fourth-order valence-corrected chi connectivity index (χ4v) is 6.24. The van der Waals surface area contributed by atoms with Crippen LogP contribution in [0.5, 0.6) is 0 Å². The van der Waals surface area contributed by atoms with Gasteiger partial charge in [-0.15, -0.1) is 0 Å². The van der Waals surface area contributed by atoms with Gasteiger partial charge in [-0.25, -0.2) is 4.98 Å². The van der Waals surface area contributed by atoms with Crippen LogP contribution in [0, 0.1) is 11.3 Å². The van der Waals surface area contributed by atoms with E-state index >= 15 is 0 Å². The zero-order valence-corrected chi connectivity index (χ0v) is 23.9. The van der Waals surface area contributed by atoms with E-state index in [0.29, 0.717) is 18.5 Å². The number of nitrogens with two attached hydrogens (primary N) is 1. The van der Waals surface area contributed by atoms with Gasteiger partial charge in [0.15, 0.2) is 0 Å². The summed E-state index contributed by atoms with van der Waals surface area (Å²) in [5.41, 5.74) is 13.0. The van der Waals surface area contributed by atoms with Crippen LogP contribution in [-0.2, 0) is 17.8 Å². The van der Waals surface area contributed by atoms with Crippen molar-refractivity contribution in [1.29, 1.82) is 5.41 Å². The maximum atomic E-state index is 11.6. The van der Waals surface area contributed by atoms with Gasteiger partial charge in [0.25, 0.3) is 0 Å². The van der Waals surface area contributed by atoms with Gasteiger partial charge in [0.05, 0.1) is 23.5 Å². The highest BCUT2D eigenvalue weighted by atomic mass is 16.3. The molecule has 1 unspecified atom stereocenters. The Labute approximate surface area is 245 Å². The van der Waals surface area contributed by atoms with Gasteiger partial charge in [-0.2, -0.15) is 0 Å². The monoisotopic (exact) mass is 559 g/mol. The molecule has 0 aliphatic heterocycles. The lowest BCUT2D eigenvalue weighted by molar-refractivity contribution is -0.121. The third-order valence-corrected chi connectivity index (χ3v) is 8.60. The summed E-state index contributed by atoms with van der Waals surface area (Å²) < 4.78 is 4.25. The molecule has 4 N–H and O–H groups in total. The first-order valence-corrected chi connectivity index (χ1v) is 14.7. The summed E-state index contributed by atoms with van der Waals surface area (Å²) in [6, 6.07) is 29.1. The number of primary amides is 1. The number of aromatic nitrogens is 3. The van der Waals surface area contributed by atoms with E-state index in [1.165, 1.54) is 0 Å². The fraction of sp³-hybridized carbons (Fsp3) is 0.286. The number of hydrogen-bond donors (Lipinski definition) is 3. The van der Waals surface area contributed by atoms with Crippen molar-refractivity contribution in [2.75, 3.05) is 0 Å². The lowest BCUT2D eigenvalue weighted by Crippen LogP contribution is -2.29. The van der Waals surface area contributed by atoms with Crippen LogP contribution >= 0.6 is 0 Å². The summed E-state index contributed by atoms with van der Waals surface area (Å²) in [6.07, 6.45) is 5.32. The van der Waals surface area contributed by atoms with E-state index in [0.717, 1.165) is 70.2 Å². The number of rotatable bonds is 8. The van der Waals surface area contributed by atoms with Gasteiger partial charge in [-0.1, -0.05) is 91.9 Å². The average Bonchev–Trinajstić information content (AvgIpc) is 3.34. The van der Waals surface area contributed by atoms with Gasteiger partial charge in [-0.3, -0.25) is 10.2 Å². The molecule has 6 rings (SSSR count). The first-order valence-electron chi connectivity index (χ1n) is 14.7. The maximum absolute atomic E-state index is 11.6. The first-order chi connectivity index (χ1) is 20.4. The SMILES string of the molecule is CC(Cc1ccc(Cn2c(-c3ccccc3)c(-c3ccccc3)c3c(=N)n(C4CCC(O)CC4)cnc32)cc1)C(N)=O. The molecule has 0 bridgehead atoms. The highest BCUT2D eigenvalue weighted by Crippen LogP contribution is 2.40. The highest BCUT2D eigenvalue weighted by Gasteiger charge is 2.26. The van der Waals surface area contributed by atoms with E-state index in [9.17, 15) is 15.3 Å². The molecule has 1 aliphatic rings. The van der Waals surface area contributed by atoms with Crippen LogP contribution in [0.3, 0.4) is 0 Å². The Morgan fingerprint density at radius 3 is 2.14 bits per heavy atom. The lowest BCUT2D eigenvalue weighted by atomic mass is 9.93. The van der Waals surface area contributed by atoms with Crippen LogP contribution in [0.1, 0.15) is 49.8 Å². The maximum Gasteiger partial charge on any atom is 0.220 e. The number of benzene rings is 3. The molecule has 2 heterocycles. The topological polar surface area (TPSA) is 110 Å². The summed E-state index contributed by atoms with van der Waals surface area (Å²) >= 11 is 0. The third kappa shape index (κ3) is 5.40. The van der Waals surface area contributed by atoms with E-state index in [4.69, 9.17) is 10.7 Å². The number of nitrogens with zero attached hydrogens (tertiary/aromatic N) is 3. The molecule has 5 aromatic rings. The summed E-state index contributed by atoms with van der Waals surface area (Å²) in [6.45, 7) is 2.43. The second-order valence-electron chi connectivity index (χ2n) is 11.5. The van der Waals surface area contributed by atoms with Crippen molar-refractivity contribution in [2.45, 2.75) is 57.7 Å². The van der Waals surface area contributed by atoms with Crippen molar-refractivity contribution in [3.63, 3.8) is 0 Å². The summed E-state index contributed by atoms with van der Waals surface area (Å²) in [4.78, 5) is 16.6. The number of aliphatic hydroxyl groups excluding tert-OH is 1. The molecule has 1 atom stereocenters. The van der Waals surface area contributed by atoms with Gasteiger partial charge in [0, 0.05) is 24.1 Å². The van der Waals surface area contributed by atoms with Crippen molar-refractivity contribution in [3.8, 4) is 22.4 Å². The van der Waals surface area contributed by atoms with Crippen molar-refractivity contribution in [2.24, 2.45) is 11.7 Å². The molecule has 2 aromatic heterocycles. The molecule has 0 saturated heterocycles. The Balaban J connectivity index is 1.54. The Kier molecular flexibility index (Phi) is 7.76. The van der Waals surface area contributed by atoms with Crippen LogP contribution in [0.15, 0.2) is 91.3 Å². The van der Waals surface area contributed by atoms with Gasteiger partial charge in [0.1, 0.15) is 11.1 Å². The van der Waals surface area contributed by atoms with Gasteiger partial charge in [-0.05, 0) is 54.4 Å². The van der Waals surface area contributed by atoms with E-state index in [-0.39, 0.29) is 24.0 Å². The van der Waals surface area contributed by atoms with E-state index in [2.05, 4.69) is 53.1 Å². The molecule has 1 saturated carbocycles. The number of carbonyl (C=O) groups excluding carboxylic acids is 1. The molecule has 7 nitrogen and oxygen atoms in total. The van der Waals surface area contributed by atoms with Crippen molar-refractivity contribution in [1.82, 2.24) is 14.1 Å². The predicted octanol–water partition coefficient (Wildman–Crippen LogP) is 5.84. The molecule has 1 amide bonds. The molecule has 3 aromatic carbocycles. The number of hydrogen-bond acceptors (Lipinski definition) is 4. The minimum Gasteiger partial charge on any atom is -0.393 e. The Bertz CT molecular complexity index is 1750. The lowest BCUT2D eigenvalue weighted by Gasteiger charge is -2.27. The Hall–Kier alpha value is -4.49. The smallest absolute Gasteiger partial charge is 0.220 e. The number of fused-ring (bicyclic) bond motifs is 1. The minimum atomic E-state index is -0.294. The fourth-order valence-electron chi connectivity index (χ4n) is 6.24. The second-order valence-corrected chi connectivity index (χ2v) is 11.5. The molecular formula is C35H37N5O2. The van der Waals surface area contributed by atoms with E-state index in [1.807, 2.05) is 54.2 Å². The van der Waals surface area contributed by atoms with Crippen LogP contribution in [0.25, 0.3) is 33.4 Å². The minimum absolute atomic E-state index is 0.139. The summed E-state index contributed by atoms with van der Waals surface area (Å²) in [7, 11) is 0. The van der Waals surface area contributed by atoms with Crippen molar-refractivity contribution in [3.05, 3.63) is 108 Å². The molecule has 7 heteroatoms. The normalized spacial score (nSPS) is 17.8. The van der Waals surface area contributed by atoms with Crippen molar-refractivity contribution < 1.29 is 9.90 Å². The third-order valence-electron chi connectivity index (χ3n) is 8.60. The Morgan fingerprint density at radius 1 is 0.929 bits per heavy atom. The number of aliphatic hydroxyl groups is 1. The van der Waals surface area contributed by atoms with E-state index in [1.54, 1.807) is 0 Å². The van der Waals surface area contributed by atoms with Gasteiger partial charge < -0.3 is 20.0 Å². The number of carbonyl (C=O) groups is 1. The first kappa shape index (κ1) is 27.7. The number of nitrogens with one attached hydrogen (secondary N) is 1. The van der Waals surface area contributed by atoms with Crippen LogP contribution in [0.4, 0.5) is 0 Å². The zero-order chi connectivity index (χ0) is 29.2. The molecule has 1 aliphatic carbocycles. The summed E-state index contributed by atoms with van der Waals surface area (Å²) in [5, 5.41) is 20.4. The predicted molar refractivity (Wildman–Crippen MR) is 166 cm³/mol. The standard InChI is InChI=1S/C35H37N5O2/c1-23(34(37)42)20-24-12-14-25(15-13-24)21-39-32(27-10-6-3-7-11-27)30(26-8-4-2-5-9-26)31-33(36)40(22-38-35(31)39)28-16-18-29(41)19-17-28/h2-15,22-23,28-29,36,41H,16-21H2,1H3,(H2,37,42). The molecule has 1 fully saturated rings. The molecule has 0 spiro atoms. The van der Waals surface area contributed by atoms with Gasteiger partial charge in [0.2, 0.25) is 5.91 Å². The molecular weight excluding hydrogens is 522 g/mol. The molecule has 42 heavy (non-hydrogen) atoms. The largest absolute Gasteiger partial charge is 0.393 e. The van der Waals surface area contributed by atoms with Crippen LogP contribution in [0.2, 0.25) is 0 Å². The Morgan fingerprint density at radius 2 is 1.52 bits per heavy atom. The number of amides is 1. The zero-order valence-electron chi connectivity index (χ0n) is 23.9. The van der Waals surface area contributed by atoms with Crippen LogP contribution in [-0.4, -0.2) is 31.2 Å². The summed E-state index contributed by atoms with van der Waals surface area (Å²) in [5.74, 6) is -0.515. The van der Waals surface area contributed by atoms with E-state index < -0.39 is 0 Å². The average molecular weight is 560 g/mol. The quantitative estimate of drug-likeness (QED) is 0.222. The molecule has 0 radical (unpaired) electrons. The van der Waals surface area contributed by atoms with Crippen LogP contribution < -0.4 is 11.2 Å². The van der Waals surface area contributed by atoms with Crippen molar-refractivity contribution >= 4 is 16.9 Å². The second kappa shape index (κ2) is 11.8. The highest BCUT2D eigenvalue weighted by molar-refractivity contribution is 6.02. The molecule has 214 valence electrons.